The highest BCUT2D eigenvalue weighted by atomic mass is 32.2. The fraction of sp³-hybridized carbons (Fsp3) is 0.611. The van der Waals surface area contributed by atoms with E-state index < -0.39 is 31.7 Å². The van der Waals surface area contributed by atoms with Crippen molar-refractivity contribution in [3.05, 3.63) is 23.7 Å². The summed E-state index contributed by atoms with van der Waals surface area (Å²) >= 11 is 0.732. The lowest BCUT2D eigenvalue weighted by Gasteiger charge is -2.26. The number of ether oxygens (including phenoxy) is 1. The molecule has 0 unspecified atom stereocenters. The Morgan fingerprint density at radius 1 is 1.38 bits per heavy atom. The van der Waals surface area contributed by atoms with Crippen LogP contribution in [0.1, 0.15) is 46.1 Å². The number of nitrogens with zero attached hydrogens (tertiary/aromatic N) is 3. The second-order valence-electron chi connectivity index (χ2n) is 8.04. The zero-order valence-corrected chi connectivity index (χ0v) is 18.2. The SMILES string of the molecule is CC(C)(C)S(=O)(=O)c1cnn([C@H](CC2CCOCC2)C(=O)Nc2ncc(F)s2)c1. The van der Waals surface area contributed by atoms with Gasteiger partial charge in [0.15, 0.2) is 20.1 Å². The maximum atomic E-state index is 13.2. The number of anilines is 1. The molecular formula is C18H25FN4O4S2. The largest absolute Gasteiger partial charge is 0.381 e. The first-order valence-electron chi connectivity index (χ1n) is 9.36. The van der Waals surface area contributed by atoms with E-state index in [2.05, 4.69) is 15.4 Å². The van der Waals surface area contributed by atoms with Gasteiger partial charge in [-0.1, -0.05) is 11.3 Å². The second-order valence-corrected chi connectivity index (χ2v) is 11.7. The lowest BCUT2D eigenvalue weighted by Crippen LogP contribution is -2.30. The smallest absolute Gasteiger partial charge is 0.251 e. The molecule has 0 saturated carbocycles. The zero-order valence-electron chi connectivity index (χ0n) is 16.6. The average molecular weight is 445 g/mol. The van der Waals surface area contributed by atoms with Gasteiger partial charge in [0, 0.05) is 19.4 Å². The molecule has 0 bridgehead atoms. The highest BCUT2D eigenvalue weighted by Crippen LogP contribution is 2.30. The van der Waals surface area contributed by atoms with Crippen molar-refractivity contribution >= 4 is 32.2 Å². The van der Waals surface area contributed by atoms with Crippen molar-refractivity contribution in [2.75, 3.05) is 18.5 Å². The Kier molecular flexibility index (Phi) is 6.39. The van der Waals surface area contributed by atoms with Crippen LogP contribution in [0.3, 0.4) is 0 Å². The minimum Gasteiger partial charge on any atom is -0.381 e. The van der Waals surface area contributed by atoms with Crippen LogP contribution in [0.15, 0.2) is 23.5 Å². The lowest BCUT2D eigenvalue weighted by atomic mass is 9.92. The predicted molar refractivity (Wildman–Crippen MR) is 107 cm³/mol. The molecule has 2 aromatic heterocycles. The third-order valence-electron chi connectivity index (χ3n) is 4.92. The van der Waals surface area contributed by atoms with E-state index in [-0.39, 0.29) is 15.9 Å². The number of hydrogen-bond acceptors (Lipinski definition) is 7. The Morgan fingerprint density at radius 3 is 2.66 bits per heavy atom. The molecule has 160 valence electrons. The van der Waals surface area contributed by atoms with Gasteiger partial charge in [-0.05, 0) is 46.0 Å². The number of halogens is 1. The van der Waals surface area contributed by atoms with Crippen LogP contribution >= 0.6 is 11.3 Å². The van der Waals surface area contributed by atoms with E-state index in [0.29, 0.717) is 19.6 Å². The van der Waals surface area contributed by atoms with E-state index in [0.717, 1.165) is 30.4 Å². The van der Waals surface area contributed by atoms with E-state index in [9.17, 15) is 17.6 Å². The molecule has 0 aliphatic carbocycles. The molecule has 1 amide bonds. The highest BCUT2D eigenvalue weighted by Gasteiger charge is 2.34. The summed E-state index contributed by atoms with van der Waals surface area (Å²) < 4.78 is 44.4. The molecule has 11 heteroatoms. The summed E-state index contributed by atoms with van der Waals surface area (Å²) in [7, 11) is -3.60. The Bertz CT molecular complexity index is 959. The number of amides is 1. The summed E-state index contributed by atoms with van der Waals surface area (Å²) in [5.41, 5.74) is 0. The minimum atomic E-state index is -3.60. The Hall–Kier alpha value is -1.85. The molecule has 3 rings (SSSR count). The Morgan fingerprint density at radius 2 is 2.07 bits per heavy atom. The fourth-order valence-electron chi connectivity index (χ4n) is 3.12. The highest BCUT2D eigenvalue weighted by molar-refractivity contribution is 7.92. The molecule has 1 atom stereocenters. The molecule has 2 aromatic rings. The van der Waals surface area contributed by atoms with Gasteiger partial charge in [-0.3, -0.25) is 9.48 Å². The molecule has 1 N–H and O–H groups in total. The molecule has 0 aromatic carbocycles. The van der Waals surface area contributed by atoms with Crippen molar-refractivity contribution in [3.8, 4) is 0 Å². The van der Waals surface area contributed by atoms with Crippen molar-refractivity contribution < 1.29 is 22.3 Å². The van der Waals surface area contributed by atoms with E-state index in [1.165, 1.54) is 17.1 Å². The number of carbonyl (C=O) groups is 1. The van der Waals surface area contributed by atoms with Crippen LogP contribution in [-0.4, -0.2) is 47.1 Å². The summed E-state index contributed by atoms with van der Waals surface area (Å²) in [5.74, 6) is -0.173. The van der Waals surface area contributed by atoms with Gasteiger partial charge in [-0.2, -0.15) is 9.49 Å². The summed E-state index contributed by atoms with van der Waals surface area (Å²) in [5, 5.41) is 6.45. The van der Waals surface area contributed by atoms with Crippen LogP contribution < -0.4 is 5.32 Å². The molecule has 1 fully saturated rings. The van der Waals surface area contributed by atoms with Gasteiger partial charge in [0.2, 0.25) is 0 Å². The summed E-state index contributed by atoms with van der Waals surface area (Å²) in [6.45, 7) is 6.09. The van der Waals surface area contributed by atoms with Gasteiger partial charge >= 0.3 is 0 Å². The summed E-state index contributed by atoms with van der Waals surface area (Å²) in [4.78, 5) is 16.8. The third-order valence-corrected chi connectivity index (χ3v) is 8.07. The molecule has 3 heterocycles. The Balaban J connectivity index is 1.87. The van der Waals surface area contributed by atoms with E-state index in [1.807, 2.05) is 0 Å². The van der Waals surface area contributed by atoms with Crippen LogP contribution in [0.2, 0.25) is 0 Å². The number of thiazole rings is 1. The van der Waals surface area contributed by atoms with E-state index >= 15 is 0 Å². The number of nitrogens with one attached hydrogen (secondary N) is 1. The molecule has 1 aliphatic rings. The van der Waals surface area contributed by atoms with Gasteiger partial charge < -0.3 is 10.1 Å². The average Bonchev–Trinajstić information content (AvgIpc) is 3.29. The van der Waals surface area contributed by atoms with Crippen LogP contribution in [0.5, 0.6) is 0 Å². The molecular weight excluding hydrogens is 419 g/mol. The fourth-order valence-corrected chi connectivity index (χ4v) is 4.80. The standard InChI is InChI=1S/C18H25FN4O4S2/c1-18(2,3)29(25,26)13-9-21-23(11-13)14(8-12-4-6-27-7-5-12)16(24)22-17-20-10-15(19)28-17/h9-12,14H,4-8H2,1-3H3,(H,20,22,24)/t14-/m1/s1. The lowest BCUT2D eigenvalue weighted by molar-refractivity contribution is -0.120. The summed E-state index contributed by atoms with van der Waals surface area (Å²) in [6.07, 6.45) is 5.80. The van der Waals surface area contributed by atoms with Crippen LogP contribution in [-0.2, 0) is 19.4 Å². The van der Waals surface area contributed by atoms with Crippen molar-refractivity contribution in [2.45, 2.75) is 55.7 Å². The van der Waals surface area contributed by atoms with Crippen LogP contribution in [0, 0.1) is 11.0 Å². The monoisotopic (exact) mass is 444 g/mol. The quantitative estimate of drug-likeness (QED) is 0.735. The Labute approximate surface area is 173 Å². The van der Waals surface area contributed by atoms with Crippen LogP contribution in [0.4, 0.5) is 9.52 Å². The first-order chi connectivity index (χ1) is 13.6. The number of sulfone groups is 1. The zero-order chi connectivity index (χ0) is 21.2. The maximum Gasteiger partial charge on any atom is 0.251 e. The van der Waals surface area contributed by atoms with Crippen molar-refractivity contribution in [3.63, 3.8) is 0 Å². The topological polar surface area (TPSA) is 103 Å². The molecule has 8 nitrogen and oxygen atoms in total. The first kappa shape index (κ1) is 21.8. The minimum absolute atomic E-state index is 0.0649. The van der Waals surface area contributed by atoms with Gasteiger partial charge in [0.05, 0.1) is 17.1 Å². The maximum absolute atomic E-state index is 13.2. The van der Waals surface area contributed by atoms with E-state index in [1.54, 1.807) is 20.8 Å². The van der Waals surface area contributed by atoms with Gasteiger partial charge in [-0.15, -0.1) is 0 Å². The molecule has 0 spiro atoms. The normalized spacial score (nSPS) is 17.2. The first-order valence-corrected chi connectivity index (χ1v) is 11.7. The van der Waals surface area contributed by atoms with Gasteiger partial charge in [0.25, 0.3) is 5.91 Å². The molecule has 1 aliphatic heterocycles. The third kappa shape index (κ3) is 5.01. The van der Waals surface area contributed by atoms with Gasteiger partial charge in [-0.25, -0.2) is 13.4 Å². The van der Waals surface area contributed by atoms with Gasteiger partial charge in [0.1, 0.15) is 10.9 Å². The second kappa shape index (κ2) is 8.49. The number of rotatable bonds is 6. The predicted octanol–water partition coefficient (Wildman–Crippen LogP) is 3.05. The molecule has 29 heavy (non-hydrogen) atoms. The van der Waals surface area contributed by atoms with Crippen molar-refractivity contribution in [1.82, 2.24) is 14.8 Å². The number of aromatic nitrogens is 3. The van der Waals surface area contributed by atoms with E-state index in [4.69, 9.17) is 4.74 Å². The van der Waals surface area contributed by atoms with Crippen LogP contribution in [0.25, 0.3) is 0 Å². The molecule has 1 saturated heterocycles. The van der Waals surface area contributed by atoms with Crippen molar-refractivity contribution in [1.29, 1.82) is 0 Å². The summed E-state index contributed by atoms with van der Waals surface area (Å²) in [6, 6.07) is -0.742. The number of hydrogen-bond donors (Lipinski definition) is 1. The molecule has 0 radical (unpaired) electrons. The number of carbonyl (C=O) groups excluding carboxylic acids is 1. The van der Waals surface area contributed by atoms with Crippen molar-refractivity contribution in [2.24, 2.45) is 5.92 Å².